The van der Waals surface area contributed by atoms with Gasteiger partial charge < -0.3 is 14.4 Å². The molecular formula is C22H23N3O3. The van der Waals surface area contributed by atoms with Gasteiger partial charge in [-0.2, -0.15) is 5.10 Å². The summed E-state index contributed by atoms with van der Waals surface area (Å²) in [5.74, 6) is 0.910. The average molecular weight is 377 g/mol. The SMILES string of the molecule is COCc1cccc(-c2n[nH]c3c2CC(=O)N(CCOc2ccccc2)C3)c1. The lowest BCUT2D eigenvalue weighted by Gasteiger charge is -2.26. The first-order valence-electron chi connectivity index (χ1n) is 9.34. The highest BCUT2D eigenvalue weighted by Crippen LogP contribution is 2.29. The van der Waals surface area contributed by atoms with E-state index in [9.17, 15) is 4.79 Å². The molecular weight excluding hydrogens is 354 g/mol. The zero-order valence-corrected chi connectivity index (χ0v) is 15.9. The number of fused-ring (bicyclic) bond motifs is 1. The van der Waals surface area contributed by atoms with Crippen LogP contribution in [0.25, 0.3) is 11.3 Å². The second-order valence-corrected chi connectivity index (χ2v) is 6.82. The van der Waals surface area contributed by atoms with E-state index < -0.39 is 0 Å². The molecule has 6 heteroatoms. The largest absolute Gasteiger partial charge is 0.492 e. The Balaban J connectivity index is 1.45. The number of nitrogens with zero attached hydrogens (tertiary/aromatic N) is 2. The fourth-order valence-electron chi connectivity index (χ4n) is 3.47. The number of amides is 1. The number of aromatic amines is 1. The minimum atomic E-state index is 0.0971. The van der Waals surface area contributed by atoms with Crippen molar-refractivity contribution >= 4 is 5.91 Å². The first kappa shape index (κ1) is 18.3. The Bertz CT molecular complexity index is 953. The van der Waals surface area contributed by atoms with Crippen molar-refractivity contribution < 1.29 is 14.3 Å². The Morgan fingerprint density at radius 3 is 2.82 bits per heavy atom. The summed E-state index contributed by atoms with van der Waals surface area (Å²) in [7, 11) is 1.68. The molecule has 6 nitrogen and oxygen atoms in total. The summed E-state index contributed by atoms with van der Waals surface area (Å²) in [6, 6.07) is 17.7. The van der Waals surface area contributed by atoms with Crippen molar-refractivity contribution in [2.24, 2.45) is 0 Å². The molecule has 0 saturated carbocycles. The Morgan fingerprint density at radius 1 is 1.14 bits per heavy atom. The molecule has 0 unspecified atom stereocenters. The number of hydrogen-bond donors (Lipinski definition) is 1. The van der Waals surface area contributed by atoms with Crippen molar-refractivity contribution in [2.75, 3.05) is 20.3 Å². The lowest BCUT2D eigenvalue weighted by atomic mass is 9.98. The second-order valence-electron chi connectivity index (χ2n) is 6.82. The van der Waals surface area contributed by atoms with Gasteiger partial charge in [0.25, 0.3) is 0 Å². The Morgan fingerprint density at radius 2 is 2.00 bits per heavy atom. The number of carbonyl (C=O) groups excluding carboxylic acids is 1. The van der Waals surface area contributed by atoms with Crippen LogP contribution in [0.1, 0.15) is 16.8 Å². The Hall–Kier alpha value is -3.12. The van der Waals surface area contributed by atoms with Gasteiger partial charge in [0.2, 0.25) is 5.91 Å². The van der Waals surface area contributed by atoms with Crippen molar-refractivity contribution in [1.29, 1.82) is 0 Å². The molecule has 0 radical (unpaired) electrons. The van der Waals surface area contributed by atoms with Gasteiger partial charge in [-0.25, -0.2) is 0 Å². The third-order valence-corrected chi connectivity index (χ3v) is 4.87. The Kier molecular flexibility index (Phi) is 5.39. The fourth-order valence-corrected chi connectivity index (χ4v) is 3.47. The van der Waals surface area contributed by atoms with E-state index in [1.165, 1.54) is 0 Å². The molecule has 1 aromatic heterocycles. The molecule has 2 aromatic carbocycles. The van der Waals surface area contributed by atoms with E-state index in [1.807, 2.05) is 53.4 Å². The summed E-state index contributed by atoms with van der Waals surface area (Å²) in [5.41, 5.74) is 4.91. The van der Waals surface area contributed by atoms with Gasteiger partial charge in [-0.05, 0) is 23.8 Å². The molecule has 1 N–H and O–H groups in total. The lowest BCUT2D eigenvalue weighted by molar-refractivity contribution is -0.132. The number of benzene rings is 2. The predicted molar refractivity (Wildman–Crippen MR) is 106 cm³/mol. The van der Waals surface area contributed by atoms with Crippen LogP contribution in [0.3, 0.4) is 0 Å². The molecule has 0 aliphatic carbocycles. The molecule has 0 fully saturated rings. The van der Waals surface area contributed by atoms with E-state index in [0.717, 1.165) is 33.8 Å². The highest BCUT2D eigenvalue weighted by molar-refractivity contribution is 5.83. The monoisotopic (exact) mass is 377 g/mol. The van der Waals surface area contributed by atoms with E-state index in [4.69, 9.17) is 9.47 Å². The van der Waals surface area contributed by atoms with Gasteiger partial charge in [-0.3, -0.25) is 9.89 Å². The number of ether oxygens (including phenoxy) is 2. The topological polar surface area (TPSA) is 67.5 Å². The van der Waals surface area contributed by atoms with E-state index in [1.54, 1.807) is 7.11 Å². The summed E-state index contributed by atoms with van der Waals surface area (Å²) in [6.07, 6.45) is 0.348. The van der Waals surface area contributed by atoms with Gasteiger partial charge in [0.05, 0.1) is 37.5 Å². The maximum atomic E-state index is 12.7. The number of para-hydroxylation sites is 1. The minimum absolute atomic E-state index is 0.0971. The number of nitrogens with one attached hydrogen (secondary N) is 1. The van der Waals surface area contributed by atoms with Crippen molar-refractivity contribution in [2.45, 2.75) is 19.6 Å². The maximum absolute atomic E-state index is 12.7. The van der Waals surface area contributed by atoms with Crippen LogP contribution in [-0.4, -0.2) is 41.3 Å². The number of methoxy groups -OCH3 is 1. The highest BCUT2D eigenvalue weighted by atomic mass is 16.5. The van der Waals surface area contributed by atoms with Crippen LogP contribution in [0.5, 0.6) is 5.75 Å². The van der Waals surface area contributed by atoms with Crippen molar-refractivity contribution in [3.63, 3.8) is 0 Å². The molecule has 0 atom stereocenters. The molecule has 0 bridgehead atoms. The van der Waals surface area contributed by atoms with Crippen LogP contribution in [0.4, 0.5) is 0 Å². The van der Waals surface area contributed by atoms with Crippen LogP contribution in [0, 0.1) is 0 Å². The lowest BCUT2D eigenvalue weighted by Crippen LogP contribution is -2.38. The molecule has 2 heterocycles. The minimum Gasteiger partial charge on any atom is -0.492 e. The summed E-state index contributed by atoms with van der Waals surface area (Å²) in [6.45, 7) is 2.08. The molecule has 1 aliphatic heterocycles. The maximum Gasteiger partial charge on any atom is 0.227 e. The van der Waals surface area contributed by atoms with Crippen molar-refractivity contribution in [3.05, 3.63) is 71.4 Å². The quantitative estimate of drug-likeness (QED) is 0.687. The summed E-state index contributed by atoms with van der Waals surface area (Å²) in [4.78, 5) is 14.5. The molecule has 3 aromatic rings. The molecule has 28 heavy (non-hydrogen) atoms. The van der Waals surface area contributed by atoms with Crippen LogP contribution in [0.15, 0.2) is 54.6 Å². The number of carbonyl (C=O) groups is 1. The second kappa shape index (κ2) is 8.27. The number of hydrogen-bond acceptors (Lipinski definition) is 4. The smallest absolute Gasteiger partial charge is 0.227 e. The van der Waals surface area contributed by atoms with Crippen LogP contribution in [-0.2, 0) is 29.1 Å². The van der Waals surface area contributed by atoms with E-state index in [0.29, 0.717) is 32.7 Å². The first-order valence-corrected chi connectivity index (χ1v) is 9.34. The van der Waals surface area contributed by atoms with Gasteiger partial charge in [0, 0.05) is 18.2 Å². The standard InChI is InChI=1S/C22H23N3O3/c1-27-15-16-6-5-7-17(12-16)22-19-13-21(26)25(14-20(19)23-24-22)10-11-28-18-8-3-2-4-9-18/h2-9,12H,10-11,13-15H2,1H3,(H,23,24). The fraction of sp³-hybridized carbons (Fsp3) is 0.273. The van der Waals surface area contributed by atoms with Crippen LogP contribution >= 0.6 is 0 Å². The molecule has 1 aliphatic rings. The van der Waals surface area contributed by atoms with E-state index >= 15 is 0 Å². The molecule has 1 amide bonds. The van der Waals surface area contributed by atoms with Gasteiger partial charge in [-0.1, -0.05) is 36.4 Å². The van der Waals surface area contributed by atoms with Gasteiger partial charge >= 0.3 is 0 Å². The van der Waals surface area contributed by atoms with Gasteiger partial charge in [-0.15, -0.1) is 0 Å². The molecule has 0 spiro atoms. The summed E-state index contributed by atoms with van der Waals surface area (Å²) >= 11 is 0. The normalized spacial score (nSPS) is 13.5. The van der Waals surface area contributed by atoms with E-state index in [-0.39, 0.29) is 5.91 Å². The van der Waals surface area contributed by atoms with E-state index in [2.05, 4.69) is 16.3 Å². The molecule has 4 rings (SSSR count). The third-order valence-electron chi connectivity index (χ3n) is 4.87. The highest BCUT2D eigenvalue weighted by Gasteiger charge is 2.27. The van der Waals surface area contributed by atoms with Crippen LogP contribution < -0.4 is 4.74 Å². The summed E-state index contributed by atoms with van der Waals surface area (Å²) < 4.78 is 10.9. The number of aromatic nitrogens is 2. The predicted octanol–water partition coefficient (Wildman–Crippen LogP) is 3.19. The van der Waals surface area contributed by atoms with Crippen LogP contribution in [0.2, 0.25) is 0 Å². The number of H-pyrrole nitrogens is 1. The Labute approximate surface area is 164 Å². The van der Waals surface area contributed by atoms with Gasteiger partial charge in [0.15, 0.2) is 0 Å². The van der Waals surface area contributed by atoms with Crippen molar-refractivity contribution in [1.82, 2.24) is 15.1 Å². The third kappa shape index (κ3) is 3.92. The van der Waals surface area contributed by atoms with Gasteiger partial charge in [0.1, 0.15) is 12.4 Å². The average Bonchev–Trinajstić information content (AvgIpc) is 3.12. The zero-order chi connectivity index (χ0) is 19.3. The zero-order valence-electron chi connectivity index (χ0n) is 15.9. The number of rotatable bonds is 7. The summed E-state index contributed by atoms with van der Waals surface area (Å²) in [5, 5.41) is 7.61. The molecule has 0 saturated heterocycles. The first-order chi connectivity index (χ1) is 13.7. The molecule has 144 valence electrons. The van der Waals surface area contributed by atoms with Crippen molar-refractivity contribution in [3.8, 4) is 17.0 Å².